The Morgan fingerprint density at radius 2 is 1.39 bits per heavy atom. The predicted molar refractivity (Wildman–Crippen MR) is 99.7 cm³/mol. The van der Waals surface area contributed by atoms with Gasteiger partial charge < -0.3 is 0 Å². The zero-order valence-corrected chi connectivity index (χ0v) is 15.4. The van der Waals surface area contributed by atoms with Gasteiger partial charge in [-0.25, -0.2) is 0 Å². The minimum atomic E-state index is -0.383. The van der Waals surface area contributed by atoms with Crippen molar-refractivity contribution in [2.24, 2.45) is 0 Å². The Kier molecular flexibility index (Phi) is 6.21. The number of benzene rings is 1. The molecule has 0 unspecified atom stereocenters. The van der Waals surface area contributed by atoms with Crippen LogP contribution in [-0.4, -0.2) is 5.78 Å². The van der Waals surface area contributed by atoms with E-state index in [1.165, 1.54) is 48.8 Å². The van der Waals surface area contributed by atoms with Crippen molar-refractivity contribution in [1.82, 2.24) is 0 Å². The van der Waals surface area contributed by atoms with Crippen molar-refractivity contribution in [3.63, 3.8) is 0 Å². The Balaban J connectivity index is 2.44. The lowest BCUT2D eigenvalue weighted by molar-refractivity contribution is -0.120. The Morgan fingerprint density at radius 3 is 2.00 bits per heavy atom. The molecule has 1 aromatic carbocycles. The van der Waals surface area contributed by atoms with Gasteiger partial charge in [-0.05, 0) is 61.8 Å². The summed E-state index contributed by atoms with van der Waals surface area (Å²) in [4.78, 5) is 13.2. The summed E-state index contributed by atoms with van der Waals surface area (Å²) in [5.41, 5.74) is 4.63. The van der Waals surface area contributed by atoms with Crippen LogP contribution in [0.5, 0.6) is 0 Å². The zero-order valence-electron chi connectivity index (χ0n) is 15.4. The molecule has 0 radical (unpaired) electrons. The Morgan fingerprint density at radius 1 is 0.826 bits per heavy atom. The summed E-state index contributed by atoms with van der Waals surface area (Å²) >= 11 is 0. The maximum atomic E-state index is 13.2. The summed E-state index contributed by atoms with van der Waals surface area (Å²) in [6.45, 7) is 8.64. The quantitative estimate of drug-likeness (QED) is 0.503. The molecule has 1 aromatic rings. The van der Waals surface area contributed by atoms with E-state index in [2.05, 4.69) is 52.0 Å². The first-order chi connectivity index (χ1) is 11.0. The van der Waals surface area contributed by atoms with E-state index in [1.54, 1.807) is 0 Å². The molecule has 0 N–H and O–H groups in total. The van der Waals surface area contributed by atoms with E-state index in [1.807, 2.05) is 0 Å². The van der Waals surface area contributed by atoms with Crippen LogP contribution in [0.15, 0.2) is 29.8 Å². The maximum Gasteiger partial charge on any atom is 0.169 e. The van der Waals surface area contributed by atoms with E-state index < -0.39 is 0 Å². The molecular formula is C22H32O. The zero-order chi connectivity index (χ0) is 16.9. The number of Topliss-reactive ketones (excluding diaryl/α,β-unsaturated/α-hetero) is 1. The highest BCUT2D eigenvalue weighted by Gasteiger charge is 2.39. The van der Waals surface area contributed by atoms with Crippen LogP contribution in [0.3, 0.4) is 0 Å². The first-order valence-electron chi connectivity index (χ1n) is 9.40. The molecule has 0 aromatic heterocycles. The van der Waals surface area contributed by atoms with E-state index in [0.717, 1.165) is 24.8 Å². The van der Waals surface area contributed by atoms with Crippen LogP contribution >= 0.6 is 0 Å². The fourth-order valence-electron chi connectivity index (χ4n) is 3.74. The molecule has 0 aliphatic heterocycles. The Hall–Kier alpha value is -1.37. The molecule has 0 amide bonds. The topological polar surface area (TPSA) is 17.1 Å². The minimum absolute atomic E-state index is 0.360. The second-order valence-electron chi connectivity index (χ2n) is 7.37. The van der Waals surface area contributed by atoms with E-state index in [-0.39, 0.29) is 5.41 Å². The molecule has 126 valence electrons. The van der Waals surface area contributed by atoms with Crippen molar-refractivity contribution in [2.45, 2.75) is 84.5 Å². The number of rotatable bonds is 8. The molecule has 0 atom stereocenters. The lowest BCUT2D eigenvalue weighted by Gasteiger charge is -2.34. The summed E-state index contributed by atoms with van der Waals surface area (Å²) in [6, 6.07) is 8.56. The van der Waals surface area contributed by atoms with Gasteiger partial charge in [0.15, 0.2) is 5.78 Å². The smallest absolute Gasteiger partial charge is 0.169 e. The van der Waals surface area contributed by atoms with Crippen LogP contribution < -0.4 is 0 Å². The summed E-state index contributed by atoms with van der Waals surface area (Å²) in [5.74, 6) is 0.360. The van der Waals surface area contributed by atoms with Gasteiger partial charge in [0.1, 0.15) is 0 Å². The molecule has 0 saturated carbocycles. The van der Waals surface area contributed by atoms with Crippen molar-refractivity contribution in [3.8, 4) is 0 Å². The van der Waals surface area contributed by atoms with Crippen LogP contribution in [0.4, 0.5) is 0 Å². The van der Waals surface area contributed by atoms with Crippen LogP contribution in [0.1, 0.15) is 90.2 Å². The third-order valence-electron chi connectivity index (χ3n) is 5.19. The highest BCUT2D eigenvalue weighted by atomic mass is 16.1. The number of hydrogen-bond acceptors (Lipinski definition) is 1. The summed E-state index contributed by atoms with van der Waals surface area (Å²) in [6.07, 6.45) is 9.19. The minimum Gasteiger partial charge on any atom is -0.294 e. The van der Waals surface area contributed by atoms with Crippen LogP contribution in [0.2, 0.25) is 0 Å². The second kappa shape index (κ2) is 7.95. The molecule has 0 saturated heterocycles. The fraction of sp³-hybridized carbons (Fsp3) is 0.591. The molecule has 1 nitrogen and oxygen atoms in total. The Labute approximate surface area is 142 Å². The molecule has 1 aliphatic carbocycles. The average Bonchev–Trinajstić information content (AvgIpc) is 2.55. The SMILES string of the molecule is CCCCCC1=C(CCCCC)c2ccccc2C(C)(C)C1=O. The largest absolute Gasteiger partial charge is 0.294 e. The first-order valence-corrected chi connectivity index (χ1v) is 9.40. The van der Waals surface area contributed by atoms with Crippen LogP contribution in [0.25, 0.3) is 5.57 Å². The summed E-state index contributed by atoms with van der Waals surface area (Å²) in [5, 5.41) is 0. The van der Waals surface area contributed by atoms with Gasteiger partial charge in [-0.2, -0.15) is 0 Å². The number of fused-ring (bicyclic) bond motifs is 1. The maximum absolute atomic E-state index is 13.2. The number of hydrogen-bond donors (Lipinski definition) is 0. The number of carbonyl (C=O) groups is 1. The monoisotopic (exact) mass is 312 g/mol. The van der Waals surface area contributed by atoms with E-state index >= 15 is 0 Å². The van der Waals surface area contributed by atoms with E-state index in [0.29, 0.717) is 5.78 Å². The number of unbranched alkanes of at least 4 members (excludes halogenated alkanes) is 4. The normalized spacial score (nSPS) is 16.6. The molecular weight excluding hydrogens is 280 g/mol. The molecule has 2 rings (SSSR count). The van der Waals surface area contributed by atoms with Gasteiger partial charge in [-0.15, -0.1) is 0 Å². The van der Waals surface area contributed by atoms with Gasteiger partial charge in [0.05, 0.1) is 5.41 Å². The Bertz CT molecular complexity index is 577. The first kappa shape index (κ1) is 18.0. The van der Waals surface area contributed by atoms with Gasteiger partial charge in [-0.3, -0.25) is 4.79 Å². The van der Waals surface area contributed by atoms with Gasteiger partial charge in [-0.1, -0.05) is 63.8 Å². The van der Waals surface area contributed by atoms with Crippen molar-refractivity contribution < 1.29 is 4.79 Å². The third kappa shape index (κ3) is 3.76. The standard InChI is InChI=1S/C22H32O/c1-5-7-9-13-17-18-14-11-12-16-20(18)22(3,4)21(23)19(17)15-10-8-6-2/h11-12,14,16H,5-10,13,15H2,1-4H3. The molecule has 0 fully saturated rings. The average molecular weight is 312 g/mol. The van der Waals surface area contributed by atoms with Gasteiger partial charge >= 0.3 is 0 Å². The molecule has 1 heteroatoms. The molecule has 0 spiro atoms. The van der Waals surface area contributed by atoms with Crippen molar-refractivity contribution in [2.75, 3.05) is 0 Å². The second-order valence-corrected chi connectivity index (χ2v) is 7.37. The van der Waals surface area contributed by atoms with Crippen LogP contribution in [-0.2, 0) is 10.2 Å². The lowest BCUT2D eigenvalue weighted by atomic mass is 9.67. The molecule has 23 heavy (non-hydrogen) atoms. The van der Waals surface area contributed by atoms with Crippen molar-refractivity contribution >= 4 is 11.4 Å². The van der Waals surface area contributed by atoms with Gasteiger partial charge in [0.25, 0.3) is 0 Å². The summed E-state index contributed by atoms with van der Waals surface area (Å²) in [7, 11) is 0. The van der Waals surface area contributed by atoms with Gasteiger partial charge in [0.2, 0.25) is 0 Å². The number of carbonyl (C=O) groups excluding carboxylic acids is 1. The highest BCUT2D eigenvalue weighted by Crippen LogP contribution is 2.43. The fourth-order valence-corrected chi connectivity index (χ4v) is 3.74. The molecule has 0 bridgehead atoms. The lowest BCUT2D eigenvalue weighted by Crippen LogP contribution is -2.35. The highest BCUT2D eigenvalue weighted by molar-refractivity contribution is 6.11. The molecule has 0 heterocycles. The third-order valence-corrected chi connectivity index (χ3v) is 5.19. The predicted octanol–water partition coefficient (Wildman–Crippen LogP) is 6.46. The van der Waals surface area contributed by atoms with Gasteiger partial charge in [0, 0.05) is 0 Å². The number of allylic oxidation sites excluding steroid dienone is 2. The van der Waals surface area contributed by atoms with E-state index in [4.69, 9.17) is 0 Å². The van der Waals surface area contributed by atoms with Crippen molar-refractivity contribution in [3.05, 3.63) is 41.0 Å². The van der Waals surface area contributed by atoms with E-state index in [9.17, 15) is 4.79 Å². The summed E-state index contributed by atoms with van der Waals surface area (Å²) < 4.78 is 0. The molecule has 1 aliphatic rings. The van der Waals surface area contributed by atoms with Crippen molar-refractivity contribution in [1.29, 1.82) is 0 Å². The number of ketones is 1. The van der Waals surface area contributed by atoms with Crippen LogP contribution in [0, 0.1) is 0 Å².